The largest absolute Gasteiger partial charge is 0.385 e. The molecule has 0 aliphatic carbocycles. The van der Waals surface area contributed by atoms with E-state index in [1.807, 2.05) is 34.2 Å². The number of aliphatic hydroxyl groups is 1. The first kappa shape index (κ1) is 11.4. The minimum atomic E-state index is -0.586. The molecule has 0 spiro atoms. The lowest BCUT2D eigenvalue weighted by molar-refractivity contribution is 0.185. The van der Waals surface area contributed by atoms with Gasteiger partial charge in [0.25, 0.3) is 0 Å². The minimum absolute atomic E-state index is 0.586. The lowest BCUT2D eigenvalue weighted by Crippen LogP contribution is -2.07. The molecule has 1 aromatic carbocycles. The fourth-order valence-corrected chi connectivity index (χ4v) is 2.65. The van der Waals surface area contributed by atoms with Gasteiger partial charge in [0.2, 0.25) is 0 Å². The molecule has 3 aromatic rings. The average Bonchev–Trinajstić information content (AvgIpc) is 2.98. The van der Waals surface area contributed by atoms with Gasteiger partial charge in [0.1, 0.15) is 16.9 Å². The Bertz CT molecular complexity index is 658. The second kappa shape index (κ2) is 4.51. The number of benzene rings is 1. The van der Waals surface area contributed by atoms with E-state index in [0.29, 0.717) is 12.4 Å². The van der Waals surface area contributed by atoms with E-state index in [1.165, 1.54) is 0 Å². The molecule has 5 heteroatoms. The second-order valence-electron chi connectivity index (χ2n) is 4.15. The van der Waals surface area contributed by atoms with Crippen molar-refractivity contribution in [3.8, 4) is 0 Å². The second-order valence-corrected chi connectivity index (χ2v) is 5.13. The summed E-state index contributed by atoms with van der Waals surface area (Å²) < 4.78 is 2.03. The Hall–Kier alpha value is -1.72. The predicted octanol–water partition coefficient (Wildman–Crippen LogP) is 2.59. The van der Waals surface area contributed by atoms with E-state index in [-0.39, 0.29) is 0 Å². The summed E-state index contributed by atoms with van der Waals surface area (Å²) in [5.74, 6) is 0.686. The fourth-order valence-electron chi connectivity index (χ4n) is 2.05. The van der Waals surface area contributed by atoms with Crippen LogP contribution in [0.4, 0.5) is 0 Å². The molecule has 0 unspecified atom stereocenters. The quantitative estimate of drug-likeness (QED) is 0.786. The van der Waals surface area contributed by atoms with Gasteiger partial charge in [0.05, 0.1) is 17.6 Å². The zero-order valence-electron chi connectivity index (χ0n) is 9.95. The number of para-hydroxylation sites is 2. The molecule has 92 valence electrons. The molecule has 0 amide bonds. The van der Waals surface area contributed by atoms with Crippen LogP contribution in [0.15, 0.2) is 35.8 Å². The molecule has 0 saturated carbocycles. The number of nitrogens with zero attached hydrogens (tertiary/aromatic N) is 3. The highest BCUT2D eigenvalue weighted by molar-refractivity contribution is 7.09. The van der Waals surface area contributed by atoms with Gasteiger partial charge in [-0.15, -0.1) is 11.3 Å². The van der Waals surface area contributed by atoms with Crippen molar-refractivity contribution in [2.75, 3.05) is 0 Å². The van der Waals surface area contributed by atoms with E-state index in [2.05, 4.69) is 9.97 Å². The number of thiazole rings is 1. The highest BCUT2D eigenvalue weighted by Gasteiger charge is 2.15. The Morgan fingerprint density at radius 1 is 1.39 bits per heavy atom. The lowest BCUT2D eigenvalue weighted by Gasteiger charge is -2.09. The number of aromatic nitrogens is 3. The lowest BCUT2D eigenvalue weighted by atomic mass is 10.3. The average molecular weight is 259 g/mol. The van der Waals surface area contributed by atoms with Crippen molar-refractivity contribution in [2.45, 2.75) is 19.6 Å². The molecule has 0 aliphatic rings. The summed E-state index contributed by atoms with van der Waals surface area (Å²) in [6.07, 6.45) is 1.21. The van der Waals surface area contributed by atoms with Crippen molar-refractivity contribution in [3.63, 3.8) is 0 Å². The van der Waals surface area contributed by atoms with Crippen molar-refractivity contribution in [2.24, 2.45) is 0 Å². The highest BCUT2D eigenvalue weighted by atomic mass is 32.1. The van der Waals surface area contributed by atoms with E-state index in [1.54, 1.807) is 24.5 Å². The third-order valence-corrected chi connectivity index (χ3v) is 3.60. The summed E-state index contributed by atoms with van der Waals surface area (Å²) in [6, 6.07) is 7.91. The van der Waals surface area contributed by atoms with E-state index in [0.717, 1.165) is 16.0 Å². The summed E-state index contributed by atoms with van der Waals surface area (Å²) in [6.45, 7) is 2.39. The van der Waals surface area contributed by atoms with Crippen molar-refractivity contribution in [1.82, 2.24) is 14.5 Å². The number of hydrogen-bond acceptors (Lipinski definition) is 4. The predicted molar refractivity (Wildman–Crippen MR) is 71.6 cm³/mol. The first-order chi connectivity index (χ1) is 8.75. The van der Waals surface area contributed by atoms with E-state index < -0.39 is 6.10 Å². The van der Waals surface area contributed by atoms with Gasteiger partial charge in [-0.05, 0) is 19.1 Å². The Kier molecular flexibility index (Phi) is 2.85. The van der Waals surface area contributed by atoms with E-state index >= 15 is 0 Å². The first-order valence-corrected chi connectivity index (χ1v) is 6.65. The van der Waals surface area contributed by atoms with Gasteiger partial charge < -0.3 is 9.67 Å². The zero-order valence-corrected chi connectivity index (χ0v) is 10.8. The third-order valence-electron chi connectivity index (χ3n) is 2.83. The first-order valence-electron chi connectivity index (χ1n) is 5.77. The van der Waals surface area contributed by atoms with Gasteiger partial charge in [-0.25, -0.2) is 9.97 Å². The maximum Gasteiger partial charge on any atom is 0.138 e. The van der Waals surface area contributed by atoms with Crippen molar-refractivity contribution in [3.05, 3.63) is 46.7 Å². The van der Waals surface area contributed by atoms with E-state index in [4.69, 9.17) is 0 Å². The molecule has 0 fully saturated rings. The standard InChI is InChI=1S/C13H13N3OS/c1-9(17)13-15-10-4-2-3-5-11(10)16(13)8-12-14-6-7-18-12/h2-7,9,17H,8H2,1H3/t9-/m0/s1. The molecule has 1 atom stereocenters. The van der Waals surface area contributed by atoms with Crippen LogP contribution in [0.1, 0.15) is 23.9 Å². The molecule has 18 heavy (non-hydrogen) atoms. The Morgan fingerprint density at radius 2 is 2.22 bits per heavy atom. The maximum atomic E-state index is 9.83. The molecular formula is C13H13N3OS. The molecule has 4 nitrogen and oxygen atoms in total. The summed E-state index contributed by atoms with van der Waals surface area (Å²) in [5, 5.41) is 12.8. The van der Waals surface area contributed by atoms with Gasteiger partial charge in [-0.1, -0.05) is 12.1 Å². The smallest absolute Gasteiger partial charge is 0.138 e. The SMILES string of the molecule is C[C@H](O)c1nc2ccccc2n1Cc1nccs1. The Labute approximate surface area is 109 Å². The molecule has 0 radical (unpaired) electrons. The summed E-state index contributed by atoms with van der Waals surface area (Å²) in [7, 11) is 0. The molecule has 2 heterocycles. The number of imidazole rings is 1. The minimum Gasteiger partial charge on any atom is -0.385 e. The van der Waals surface area contributed by atoms with E-state index in [9.17, 15) is 5.11 Å². The molecule has 0 saturated heterocycles. The van der Waals surface area contributed by atoms with Crippen LogP contribution in [-0.4, -0.2) is 19.6 Å². The number of aliphatic hydroxyl groups excluding tert-OH is 1. The van der Waals surface area contributed by atoms with Gasteiger partial charge in [-0.3, -0.25) is 0 Å². The van der Waals surface area contributed by atoms with Gasteiger partial charge in [0, 0.05) is 11.6 Å². The van der Waals surface area contributed by atoms with Crippen molar-refractivity contribution in [1.29, 1.82) is 0 Å². The van der Waals surface area contributed by atoms with Crippen molar-refractivity contribution < 1.29 is 5.11 Å². The monoisotopic (exact) mass is 259 g/mol. The zero-order chi connectivity index (χ0) is 12.5. The summed E-state index contributed by atoms with van der Waals surface area (Å²) in [4.78, 5) is 8.77. The highest BCUT2D eigenvalue weighted by Crippen LogP contribution is 2.22. The number of hydrogen-bond donors (Lipinski definition) is 1. The summed E-state index contributed by atoms with van der Waals surface area (Å²) >= 11 is 1.61. The third kappa shape index (κ3) is 1.91. The Balaban J connectivity index is 2.15. The topological polar surface area (TPSA) is 50.9 Å². The fraction of sp³-hybridized carbons (Fsp3) is 0.231. The molecule has 0 bridgehead atoms. The maximum absolute atomic E-state index is 9.83. The number of fused-ring (bicyclic) bond motifs is 1. The van der Waals surface area contributed by atoms with Crippen LogP contribution in [0.25, 0.3) is 11.0 Å². The molecule has 3 rings (SSSR count). The van der Waals surface area contributed by atoms with Gasteiger partial charge >= 0.3 is 0 Å². The van der Waals surface area contributed by atoms with Crippen LogP contribution in [0.3, 0.4) is 0 Å². The van der Waals surface area contributed by atoms with Crippen LogP contribution in [-0.2, 0) is 6.54 Å². The van der Waals surface area contributed by atoms with Crippen LogP contribution < -0.4 is 0 Å². The number of rotatable bonds is 3. The molecular weight excluding hydrogens is 246 g/mol. The van der Waals surface area contributed by atoms with Crippen LogP contribution in [0, 0.1) is 0 Å². The molecule has 2 aromatic heterocycles. The van der Waals surface area contributed by atoms with Crippen LogP contribution in [0.2, 0.25) is 0 Å². The molecule has 1 N–H and O–H groups in total. The van der Waals surface area contributed by atoms with Crippen LogP contribution in [0.5, 0.6) is 0 Å². The molecule has 0 aliphatic heterocycles. The van der Waals surface area contributed by atoms with Crippen molar-refractivity contribution >= 4 is 22.4 Å². The normalized spacial score (nSPS) is 13.0. The summed E-state index contributed by atoms with van der Waals surface area (Å²) in [5.41, 5.74) is 1.94. The van der Waals surface area contributed by atoms with Gasteiger partial charge in [-0.2, -0.15) is 0 Å². The Morgan fingerprint density at radius 3 is 2.94 bits per heavy atom. The van der Waals surface area contributed by atoms with Crippen LogP contribution >= 0.6 is 11.3 Å². The van der Waals surface area contributed by atoms with Gasteiger partial charge in [0.15, 0.2) is 0 Å².